The SMILES string of the molecule is CN(c1ncc(Cl)cc1C(=O)NCc1ccc2c(N)nccc2c1)C1CCOCC1. The number of nitrogens with one attached hydrogen (secondary N) is 1. The lowest BCUT2D eigenvalue weighted by molar-refractivity contribution is 0.0852. The number of fused-ring (bicyclic) bond motifs is 1. The van der Waals surface area contributed by atoms with Gasteiger partial charge in [0.15, 0.2) is 0 Å². The molecule has 1 amide bonds. The maximum absolute atomic E-state index is 13.0. The van der Waals surface area contributed by atoms with Crippen LogP contribution in [-0.2, 0) is 11.3 Å². The van der Waals surface area contributed by atoms with Crippen LogP contribution >= 0.6 is 11.6 Å². The van der Waals surface area contributed by atoms with Crippen molar-refractivity contribution in [1.29, 1.82) is 0 Å². The van der Waals surface area contributed by atoms with E-state index in [9.17, 15) is 4.79 Å². The lowest BCUT2D eigenvalue weighted by atomic mass is 10.1. The van der Waals surface area contributed by atoms with Crippen molar-refractivity contribution in [3.05, 3.63) is 58.9 Å². The van der Waals surface area contributed by atoms with Crippen molar-refractivity contribution >= 4 is 39.9 Å². The van der Waals surface area contributed by atoms with Crippen LogP contribution in [-0.4, -0.2) is 42.2 Å². The summed E-state index contributed by atoms with van der Waals surface area (Å²) in [4.78, 5) is 23.6. The van der Waals surface area contributed by atoms with Gasteiger partial charge in [-0.2, -0.15) is 0 Å². The van der Waals surface area contributed by atoms with E-state index in [1.165, 1.54) is 0 Å². The first kappa shape index (κ1) is 20.4. The molecule has 3 aromatic rings. The highest BCUT2D eigenvalue weighted by Gasteiger charge is 2.24. The molecule has 1 aliphatic rings. The first-order chi connectivity index (χ1) is 14.5. The molecule has 0 radical (unpaired) electrons. The summed E-state index contributed by atoms with van der Waals surface area (Å²) in [5.41, 5.74) is 7.34. The van der Waals surface area contributed by atoms with Crippen LogP contribution in [0.5, 0.6) is 0 Å². The number of hydrogen-bond donors (Lipinski definition) is 2. The highest BCUT2D eigenvalue weighted by atomic mass is 35.5. The quantitative estimate of drug-likeness (QED) is 0.650. The number of halogens is 1. The number of aromatic nitrogens is 2. The molecule has 0 unspecified atom stereocenters. The molecule has 7 nitrogen and oxygen atoms in total. The molecule has 3 N–H and O–H groups in total. The van der Waals surface area contributed by atoms with Gasteiger partial charge in [0.05, 0.1) is 10.6 Å². The van der Waals surface area contributed by atoms with Gasteiger partial charge in [0, 0.05) is 50.6 Å². The number of nitrogens with two attached hydrogens (primary N) is 1. The Morgan fingerprint density at radius 1 is 1.27 bits per heavy atom. The van der Waals surface area contributed by atoms with Gasteiger partial charge in [-0.3, -0.25) is 4.79 Å². The van der Waals surface area contributed by atoms with Crippen LogP contribution in [0.25, 0.3) is 10.8 Å². The lowest BCUT2D eigenvalue weighted by Crippen LogP contribution is -2.38. The Morgan fingerprint density at radius 3 is 2.87 bits per heavy atom. The number of anilines is 2. The van der Waals surface area contributed by atoms with Gasteiger partial charge in [-0.1, -0.05) is 23.7 Å². The molecule has 0 bridgehead atoms. The lowest BCUT2D eigenvalue weighted by Gasteiger charge is -2.33. The molecule has 0 aliphatic carbocycles. The van der Waals surface area contributed by atoms with Crippen LogP contribution in [0.15, 0.2) is 42.7 Å². The zero-order valence-corrected chi connectivity index (χ0v) is 17.5. The van der Waals surface area contributed by atoms with Gasteiger partial charge in [-0.25, -0.2) is 9.97 Å². The highest BCUT2D eigenvalue weighted by Crippen LogP contribution is 2.26. The number of nitrogens with zero attached hydrogens (tertiary/aromatic N) is 3. The molecule has 8 heteroatoms. The van der Waals surface area contributed by atoms with Gasteiger partial charge in [-0.15, -0.1) is 0 Å². The predicted octanol–water partition coefficient (Wildman–Crippen LogP) is 3.41. The average molecular weight is 426 g/mol. The Balaban J connectivity index is 1.52. The molecule has 0 saturated carbocycles. The summed E-state index contributed by atoms with van der Waals surface area (Å²) < 4.78 is 5.45. The van der Waals surface area contributed by atoms with Crippen molar-refractivity contribution in [3.8, 4) is 0 Å². The Hall–Kier alpha value is -2.90. The van der Waals surface area contributed by atoms with Crippen molar-refractivity contribution in [2.45, 2.75) is 25.4 Å². The van der Waals surface area contributed by atoms with Gasteiger partial charge in [0.2, 0.25) is 0 Å². The minimum atomic E-state index is -0.215. The smallest absolute Gasteiger partial charge is 0.255 e. The largest absolute Gasteiger partial charge is 0.383 e. The summed E-state index contributed by atoms with van der Waals surface area (Å²) >= 11 is 6.15. The Bertz CT molecular complexity index is 1070. The first-order valence-corrected chi connectivity index (χ1v) is 10.3. The van der Waals surface area contributed by atoms with E-state index in [2.05, 4.69) is 20.2 Å². The molecule has 156 valence electrons. The predicted molar refractivity (Wildman–Crippen MR) is 119 cm³/mol. The molecule has 1 aliphatic heterocycles. The minimum Gasteiger partial charge on any atom is -0.383 e. The van der Waals surface area contributed by atoms with Crippen LogP contribution in [0, 0.1) is 0 Å². The van der Waals surface area contributed by atoms with Gasteiger partial charge < -0.3 is 20.7 Å². The van der Waals surface area contributed by atoms with E-state index < -0.39 is 0 Å². The van der Waals surface area contributed by atoms with Crippen LogP contribution in [0.1, 0.15) is 28.8 Å². The summed E-state index contributed by atoms with van der Waals surface area (Å²) in [6, 6.07) is 9.70. The van der Waals surface area contributed by atoms with Gasteiger partial charge in [0.1, 0.15) is 11.6 Å². The molecular weight excluding hydrogens is 402 g/mol. The Morgan fingerprint density at radius 2 is 2.07 bits per heavy atom. The minimum absolute atomic E-state index is 0.215. The van der Waals surface area contributed by atoms with Gasteiger partial charge >= 0.3 is 0 Å². The summed E-state index contributed by atoms with van der Waals surface area (Å²) in [7, 11) is 1.96. The molecule has 1 aromatic carbocycles. The van der Waals surface area contributed by atoms with Gasteiger partial charge in [0.25, 0.3) is 5.91 Å². The van der Waals surface area contributed by atoms with E-state index >= 15 is 0 Å². The molecule has 0 atom stereocenters. The van der Waals surface area contributed by atoms with Crippen LogP contribution in [0.3, 0.4) is 0 Å². The van der Waals surface area contributed by atoms with E-state index in [1.54, 1.807) is 18.5 Å². The number of ether oxygens (including phenoxy) is 1. The Kier molecular flexibility index (Phi) is 6.01. The number of benzene rings is 1. The molecule has 2 aromatic heterocycles. The standard InChI is InChI=1S/C22H24ClN5O2/c1-28(17-5-8-30-9-6-17)21-19(11-16(23)13-26-21)22(29)27-12-14-2-3-18-15(10-14)4-7-25-20(18)24/h2-4,7,10-11,13,17H,5-6,8-9,12H2,1H3,(H2,24,25)(H,27,29). The third-order valence-electron chi connectivity index (χ3n) is 5.46. The number of hydrogen-bond acceptors (Lipinski definition) is 6. The van der Waals surface area contributed by atoms with E-state index in [4.69, 9.17) is 22.1 Å². The second-order valence-corrected chi connectivity index (χ2v) is 7.85. The van der Waals surface area contributed by atoms with E-state index in [-0.39, 0.29) is 11.9 Å². The number of carbonyl (C=O) groups is 1. The monoisotopic (exact) mass is 425 g/mol. The molecular formula is C22H24ClN5O2. The first-order valence-electron chi connectivity index (χ1n) is 9.90. The summed E-state index contributed by atoms with van der Waals surface area (Å²) in [5, 5.41) is 5.29. The number of rotatable bonds is 5. The molecule has 1 fully saturated rings. The zero-order chi connectivity index (χ0) is 21.1. The fourth-order valence-electron chi connectivity index (χ4n) is 3.76. The number of nitrogen functional groups attached to an aromatic ring is 1. The third kappa shape index (κ3) is 4.32. The normalized spacial score (nSPS) is 14.6. The summed E-state index contributed by atoms with van der Waals surface area (Å²) in [5.74, 6) is 0.906. The maximum Gasteiger partial charge on any atom is 0.255 e. The molecule has 0 spiro atoms. The number of amides is 1. The second kappa shape index (κ2) is 8.85. The zero-order valence-electron chi connectivity index (χ0n) is 16.8. The molecule has 4 rings (SSSR count). The average Bonchev–Trinajstić information content (AvgIpc) is 2.77. The van der Waals surface area contributed by atoms with Crippen LogP contribution in [0.2, 0.25) is 5.02 Å². The van der Waals surface area contributed by atoms with E-state index in [1.807, 2.05) is 31.3 Å². The molecule has 1 saturated heterocycles. The summed E-state index contributed by atoms with van der Waals surface area (Å²) in [6.07, 6.45) is 5.05. The van der Waals surface area contributed by atoms with Crippen molar-refractivity contribution in [2.24, 2.45) is 0 Å². The molecule has 30 heavy (non-hydrogen) atoms. The molecule has 3 heterocycles. The second-order valence-electron chi connectivity index (χ2n) is 7.41. The highest BCUT2D eigenvalue weighted by molar-refractivity contribution is 6.31. The third-order valence-corrected chi connectivity index (χ3v) is 5.67. The van der Waals surface area contributed by atoms with Gasteiger partial charge in [-0.05, 0) is 42.0 Å². The topological polar surface area (TPSA) is 93.4 Å². The maximum atomic E-state index is 13.0. The number of carbonyl (C=O) groups excluding carboxylic acids is 1. The van der Waals surface area contributed by atoms with Crippen molar-refractivity contribution in [2.75, 3.05) is 30.9 Å². The fourth-order valence-corrected chi connectivity index (χ4v) is 3.92. The van der Waals surface area contributed by atoms with Crippen LogP contribution in [0.4, 0.5) is 11.6 Å². The van der Waals surface area contributed by atoms with Crippen LogP contribution < -0.4 is 16.0 Å². The fraction of sp³-hybridized carbons (Fsp3) is 0.318. The van der Waals surface area contributed by atoms with Crippen molar-refractivity contribution in [1.82, 2.24) is 15.3 Å². The summed E-state index contributed by atoms with van der Waals surface area (Å²) in [6.45, 7) is 1.81. The Labute approximate surface area is 180 Å². The number of pyridine rings is 2. The van der Waals surface area contributed by atoms with Crippen molar-refractivity contribution in [3.63, 3.8) is 0 Å². The van der Waals surface area contributed by atoms with E-state index in [0.29, 0.717) is 42.0 Å². The van der Waals surface area contributed by atoms with Crippen molar-refractivity contribution < 1.29 is 9.53 Å². The van der Waals surface area contributed by atoms with E-state index in [0.717, 1.165) is 29.2 Å².